The molecule has 1 N–H and O–H groups in total. The van der Waals surface area contributed by atoms with Gasteiger partial charge in [-0.3, -0.25) is 4.79 Å². The van der Waals surface area contributed by atoms with E-state index < -0.39 is 17.2 Å². The van der Waals surface area contributed by atoms with Crippen molar-refractivity contribution in [3.05, 3.63) is 17.8 Å². The van der Waals surface area contributed by atoms with Crippen molar-refractivity contribution >= 4 is 11.8 Å². The Labute approximate surface area is 117 Å². The maximum Gasteiger partial charge on any atom is 0.311 e. The van der Waals surface area contributed by atoms with Gasteiger partial charge in [0.05, 0.1) is 11.1 Å². The summed E-state index contributed by atoms with van der Waals surface area (Å²) in [5.41, 5.74) is -0.504. The van der Waals surface area contributed by atoms with E-state index in [1.54, 1.807) is 11.8 Å². The van der Waals surface area contributed by atoms with E-state index in [9.17, 15) is 14.3 Å². The van der Waals surface area contributed by atoms with Crippen LogP contribution in [-0.2, 0) is 4.79 Å². The van der Waals surface area contributed by atoms with E-state index in [0.29, 0.717) is 25.9 Å². The predicted molar refractivity (Wildman–Crippen MR) is 73.2 cm³/mol. The number of nitrogens with zero attached hydrogens (tertiary/aromatic N) is 3. The number of anilines is 1. The number of aromatic nitrogens is 2. The minimum absolute atomic E-state index is 0.221. The van der Waals surface area contributed by atoms with Gasteiger partial charge in [0.25, 0.3) is 0 Å². The molecule has 1 atom stereocenters. The number of hydrogen-bond acceptors (Lipinski definition) is 4. The number of carboxylic acids is 1. The number of aliphatic carboxylic acids is 1. The quantitative estimate of drug-likeness (QED) is 0.918. The highest BCUT2D eigenvalue weighted by Gasteiger charge is 2.42. The molecule has 20 heavy (non-hydrogen) atoms. The van der Waals surface area contributed by atoms with Crippen LogP contribution in [0, 0.1) is 18.2 Å². The van der Waals surface area contributed by atoms with Crippen LogP contribution in [0.5, 0.6) is 0 Å². The summed E-state index contributed by atoms with van der Waals surface area (Å²) in [6, 6.07) is 0. The third kappa shape index (κ3) is 2.59. The standard InChI is InChI=1S/C14H20FN3O2/c1-3-5-14(13(19)20)6-4-7-18(8-14)12-11(15)10(2)16-9-17-12/h9H,3-8H2,1-2H3,(H,19,20). The van der Waals surface area contributed by atoms with Crippen LogP contribution in [0.15, 0.2) is 6.33 Å². The van der Waals surface area contributed by atoms with E-state index >= 15 is 0 Å². The lowest BCUT2D eigenvalue weighted by molar-refractivity contribution is -0.150. The Morgan fingerprint density at radius 1 is 1.55 bits per heavy atom. The van der Waals surface area contributed by atoms with E-state index in [4.69, 9.17) is 0 Å². The molecule has 1 aromatic heterocycles. The molecule has 5 nitrogen and oxygen atoms in total. The van der Waals surface area contributed by atoms with E-state index in [1.165, 1.54) is 6.33 Å². The maximum atomic E-state index is 14.1. The number of aryl methyl sites for hydroxylation is 1. The minimum atomic E-state index is -0.796. The molecule has 0 spiro atoms. The molecule has 1 unspecified atom stereocenters. The third-order valence-corrected chi connectivity index (χ3v) is 4.00. The van der Waals surface area contributed by atoms with E-state index in [-0.39, 0.29) is 11.5 Å². The SMILES string of the molecule is CCCC1(C(=O)O)CCCN(c2ncnc(C)c2F)C1. The topological polar surface area (TPSA) is 66.3 Å². The second-order valence-corrected chi connectivity index (χ2v) is 5.46. The number of carboxylic acid groups (broad SMARTS) is 1. The fourth-order valence-corrected chi connectivity index (χ4v) is 2.94. The van der Waals surface area contributed by atoms with Gasteiger partial charge in [-0.2, -0.15) is 0 Å². The van der Waals surface area contributed by atoms with Gasteiger partial charge in [0.15, 0.2) is 11.6 Å². The summed E-state index contributed by atoms with van der Waals surface area (Å²) < 4.78 is 14.1. The maximum absolute atomic E-state index is 14.1. The van der Waals surface area contributed by atoms with Gasteiger partial charge in [0, 0.05) is 13.1 Å². The Kier molecular flexibility index (Phi) is 4.20. The highest BCUT2D eigenvalue weighted by Crippen LogP contribution is 2.37. The lowest BCUT2D eigenvalue weighted by Gasteiger charge is -2.40. The number of piperidine rings is 1. The summed E-state index contributed by atoms with van der Waals surface area (Å²) in [5.74, 6) is -1.03. The van der Waals surface area contributed by atoms with Crippen LogP contribution in [0.3, 0.4) is 0 Å². The molecular weight excluding hydrogens is 261 g/mol. The Bertz CT molecular complexity index is 505. The van der Waals surface area contributed by atoms with Gasteiger partial charge in [-0.25, -0.2) is 14.4 Å². The first-order valence-corrected chi connectivity index (χ1v) is 6.95. The number of halogens is 1. The molecular formula is C14H20FN3O2. The number of rotatable bonds is 4. The summed E-state index contributed by atoms with van der Waals surface area (Å²) in [4.78, 5) is 21.2. The molecule has 110 valence electrons. The third-order valence-electron chi connectivity index (χ3n) is 4.00. The van der Waals surface area contributed by atoms with Crippen LogP contribution < -0.4 is 4.90 Å². The van der Waals surface area contributed by atoms with E-state index in [1.807, 2.05) is 6.92 Å². The number of carbonyl (C=O) groups is 1. The Balaban J connectivity index is 2.30. The summed E-state index contributed by atoms with van der Waals surface area (Å²) in [7, 11) is 0. The second kappa shape index (κ2) is 5.73. The van der Waals surface area contributed by atoms with Crippen LogP contribution in [0.1, 0.15) is 38.3 Å². The first-order chi connectivity index (χ1) is 9.50. The molecule has 0 aromatic carbocycles. The largest absolute Gasteiger partial charge is 0.481 e. The molecule has 1 saturated heterocycles. The monoisotopic (exact) mass is 281 g/mol. The normalized spacial score (nSPS) is 22.9. The first kappa shape index (κ1) is 14.7. The molecule has 1 fully saturated rings. The summed E-state index contributed by atoms with van der Waals surface area (Å²) >= 11 is 0. The first-order valence-electron chi connectivity index (χ1n) is 6.95. The fourth-order valence-electron chi connectivity index (χ4n) is 2.94. The molecule has 2 heterocycles. The van der Waals surface area contributed by atoms with Crippen molar-refractivity contribution < 1.29 is 14.3 Å². The molecule has 1 aromatic rings. The minimum Gasteiger partial charge on any atom is -0.481 e. The summed E-state index contributed by atoms with van der Waals surface area (Å²) in [5, 5.41) is 9.56. The van der Waals surface area contributed by atoms with E-state index in [2.05, 4.69) is 9.97 Å². The molecule has 1 aliphatic rings. The zero-order valence-electron chi connectivity index (χ0n) is 11.9. The van der Waals surface area contributed by atoms with Gasteiger partial charge < -0.3 is 10.0 Å². The van der Waals surface area contributed by atoms with Gasteiger partial charge in [0.1, 0.15) is 6.33 Å². The van der Waals surface area contributed by atoms with E-state index in [0.717, 1.165) is 12.8 Å². The lowest BCUT2D eigenvalue weighted by Crippen LogP contribution is -2.48. The highest BCUT2D eigenvalue weighted by atomic mass is 19.1. The van der Waals surface area contributed by atoms with Gasteiger partial charge in [-0.1, -0.05) is 13.3 Å². The predicted octanol–water partition coefficient (Wildman–Crippen LogP) is 2.40. The van der Waals surface area contributed by atoms with Crippen molar-refractivity contribution in [2.75, 3.05) is 18.0 Å². The van der Waals surface area contributed by atoms with Crippen LogP contribution in [0.2, 0.25) is 0 Å². The average molecular weight is 281 g/mol. The molecule has 0 aliphatic carbocycles. The lowest BCUT2D eigenvalue weighted by atomic mass is 9.76. The second-order valence-electron chi connectivity index (χ2n) is 5.46. The molecule has 0 amide bonds. The van der Waals surface area contributed by atoms with Crippen molar-refractivity contribution in [2.45, 2.75) is 39.5 Å². The summed E-state index contributed by atoms with van der Waals surface area (Å²) in [6.07, 6.45) is 4.09. The molecule has 0 radical (unpaired) electrons. The molecule has 0 saturated carbocycles. The van der Waals surface area contributed by atoms with Crippen molar-refractivity contribution in [1.82, 2.24) is 9.97 Å². The van der Waals surface area contributed by atoms with Gasteiger partial charge in [0.2, 0.25) is 0 Å². The Hall–Kier alpha value is -1.72. The van der Waals surface area contributed by atoms with Crippen LogP contribution in [0.25, 0.3) is 0 Å². The zero-order chi connectivity index (χ0) is 14.8. The van der Waals surface area contributed by atoms with Gasteiger partial charge in [-0.05, 0) is 26.2 Å². The average Bonchev–Trinajstić information content (AvgIpc) is 2.42. The van der Waals surface area contributed by atoms with Crippen molar-refractivity contribution in [3.63, 3.8) is 0 Å². The molecule has 2 rings (SSSR count). The van der Waals surface area contributed by atoms with Crippen molar-refractivity contribution in [1.29, 1.82) is 0 Å². The molecule has 0 bridgehead atoms. The molecule has 1 aliphatic heterocycles. The molecule has 6 heteroatoms. The van der Waals surface area contributed by atoms with Crippen molar-refractivity contribution in [2.24, 2.45) is 5.41 Å². The van der Waals surface area contributed by atoms with Crippen LogP contribution in [0.4, 0.5) is 10.2 Å². The Morgan fingerprint density at radius 2 is 2.30 bits per heavy atom. The fraction of sp³-hybridized carbons (Fsp3) is 0.643. The van der Waals surface area contributed by atoms with Crippen molar-refractivity contribution in [3.8, 4) is 0 Å². The van der Waals surface area contributed by atoms with Crippen LogP contribution in [-0.4, -0.2) is 34.1 Å². The number of hydrogen-bond donors (Lipinski definition) is 1. The highest BCUT2D eigenvalue weighted by molar-refractivity contribution is 5.76. The van der Waals surface area contributed by atoms with Gasteiger partial charge in [-0.15, -0.1) is 0 Å². The smallest absolute Gasteiger partial charge is 0.311 e. The zero-order valence-corrected chi connectivity index (χ0v) is 11.9. The van der Waals surface area contributed by atoms with Gasteiger partial charge >= 0.3 is 5.97 Å². The summed E-state index contributed by atoms with van der Waals surface area (Å²) in [6.45, 7) is 4.50. The Morgan fingerprint density at radius 3 is 2.95 bits per heavy atom. The van der Waals surface area contributed by atoms with Crippen LogP contribution >= 0.6 is 0 Å².